The fourth-order valence-corrected chi connectivity index (χ4v) is 3.17. The molecule has 0 aromatic heterocycles. The topological polar surface area (TPSA) is 24.5 Å². The average Bonchev–Trinajstić information content (AvgIpc) is 2.77. The maximum Gasteiger partial charge on any atom is 0.0678 e. The fraction of sp³-hybridized carbons (Fsp3) is 1.00. The number of hydrogen-bond donors (Lipinski definition) is 1. The summed E-state index contributed by atoms with van der Waals surface area (Å²) in [7, 11) is 0. The first-order valence-electron chi connectivity index (χ1n) is 7.28. The minimum absolute atomic E-state index is 0.382. The standard InChI is InChI=1S/C14H28N2O/c1-11(8-15-14-6-4-5-7-14)16-9-12(2)17-13(3)10-16/h11-15H,4-10H2,1-3H3/t11?,12-,13+. The molecule has 1 N–H and O–H groups in total. The van der Waals surface area contributed by atoms with Crippen LogP contribution in [0.1, 0.15) is 46.5 Å². The van der Waals surface area contributed by atoms with E-state index in [-0.39, 0.29) is 0 Å². The van der Waals surface area contributed by atoms with Crippen molar-refractivity contribution in [3.8, 4) is 0 Å². The van der Waals surface area contributed by atoms with E-state index in [9.17, 15) is 0 Å². The van der Waals surface area contributed by atoms with Crippen LogP contribution in [0.5, 0.6) is 0 Å². The van der Waals surface area contributed by atoms with Crippen LogP contribution in [0.15, 0.2) is 0 Å². The van der Waals surface area contributed by atoms with Gasteiger partial charge in [0.1, 0.15) is 0 Å². The van der Waals surface area contributed by atoms with E-state index in [4.69, 9.17) is 4.74 Å². The summed E-state index contributed by atoms with van der Waals surface area (Å²) in [6, 6.07) is 1.41. The van der Waals surface area contributed by atoms with Crippen LogP contribution in [0, 0.1) is 0 Å². The van der Waals surface area contributed by atoms with Gasteiger partial charge in [0.25, 0.3) is 0 Å². The molecule has 17 heavy (non-hydrogen) atoms. The third kappa shape index (κ3) is 3.94. The highest BCUT2D eigenvalue weighted by atomic mass is 16.5. The summed E-state index contributed by atoms with van der Waals surface area (Å²) in [5.74, 6) is 0. The van der Waals surface area contributed by atoms with Crippen LogP contribution in [0.4, 0.5) is 0 Å². The Labute approximate surface area is 106 Å². The fourth-order valence-electron chi connectivity index (χ4n) is 3.17. The first kappa shape index (κ1) is 13.3. The van der Waals surface area contributed by atoms with Crippen molar-refractivity contribution in [1.82, 2.24) is 10.2 Å². The molecule has 0 radical (unpaired) electrons. The molecule has 3 nitrogen and oxygen atoms in total. The Hall–Kier alpha value is -0.120. The van der Waals surface area contributed by atoms with E-state index >= 15 is 0 Å². The smallest absolute Gasteiger partial charge is 0.0678 e. The van der Waals surface area contributed by atoms with Gasteiger partial charge < -0.3 is 10.1 Å². The molecular weight excluding hydrogens is 212 g/mol. The number of nitrogens with zero attached hydrogens (tertiary/aromatic N) is 1. The summed E-state index contributed by atoms with van der Waals surface area (Å²) in [5.41, 5.74) is 0. The van der Waals surface area contributed by atoms with E-state index in [1.807, 2.05) is 0 Å². The van der Waals surface area contributed by atoms with Gasteiger partial charge in [-0.25, -0.2) is 0 Å². The molecule has 1 unspecified atom stereocenters. The van der Waals surface area contributed by atoms with Crippen molar-refractivity contribution < 1.29 is 4.74 Å². The molecule has 3 atom stereocenters. The number of rotatable bonds is 4. The maximum absolute atomic E-state index is 5.78. The van der Waals surface area contributed by atoms with Crippen molar-refractivity contribution in [1.29, 1.82) is 0 Å². The SMILES string of the molecule is CC(CNC1CCCC1)N1C[C@@H](C)O[C@@H](C)C1. The Morgan fingerprint density at radius 2 is 1.76 bits per heavy atom. The van der Waals surface area contributed by atoms with Crippen LogP contribution >= 0.6 is 0 Å². The van der Waals surface area contributed by atoms with Crippen LogP contribution in [-0.4, -0.2) is 48.8 Å². The first-order chi connectivity index (χ1) is 8.15. The van der Waals surface area contributed by atoms with Crippen molar-refractivity contribution in [3.63, 3.8) is 0 Å². The first-order valence-corrected chi connectivity index (χ1v) is 7.28. The monoisotopic (exact) mass is 240 g/mol. The van der Waals surface area contributed by atoms with Gasteiger partial charge in [-0.3, -0.25) is 4.90 Å². The normalized spacial score (nSPS) is 34.1. The highest BCUT2D eigenvalue weighted by molar-refractivity contribution is 4.81. The number of nitrogens with one attached hydrogen (secondary N) is 1. The molecule has 2 fully saturated rings. The number of hydrogen-bond acceptors (Lipinski definition) is 3. The summed E-state index contributed by atoms with van der Waals surface area (Å²) < 4.78 is 5.78. The zero-order valence-corrected chi connectivity index (χ0v) is 11.6. The molecule has 0 bridgehead atoms. The second-order valence-electron chi connectivity index (χ2n) is 5.95. The molecule has 1 heterocycles. The Kier molecular flexibility index (Phi) is 4.83. The van der Waals surface area contributed by atoms with Gasteiger partial charge in [-0.05, 0) is 33.6 Å². The van der Waals surface area contributed by atoms with Crippen molar-refractivity contribution in [2.24, 2.45) is 0 Å². The Morgan fingerprint density at radius 3 is 2.35 bits per heavy atom. The van der Waals surface area contributed by atoms with Gasteiger partial charge in [-0.15, -0.1) is 0 Å². The molecule has 0 spiro atoms. The van der Waals surface area contributed by atoms with Gasteiger partial charge in [0.05, 0.1) is 12.2 Å². The van der Waals surface area contributed by atoms with Crippen molar-refractivity contribution >= 4 is 0 Å². The molecule has 1 aliphatic carbocycles. The predicted octanol–water partition coefficient (Wildman–Crippen LogP) is 2.02. The predicted molar refractivity (Wildman–Crippen MR) is 71.3 cm³/mol. The number of morpholine rings is 1. The highest BCUT2D eigenvalue weighted by Crippen LogP contribution is 2.18. The van der Waals surface area contributed by atoms with Crippen molar-refractivity contribution in [2.45, 2.75) is 70.7 Å². The molecule has 1 aliphatic heterocycles. The van der Waals surface area contributed by atoms with E-state index < -0.39 is 0 Å². The molecule has 0 amide bonds. The van der Waals surface area contributed by atoms with Gasteiger partial charge in [-0.1, -0.05) is 12.8 Å². The molecular formula is C14H28N2O. The van der Waals surface area contributed by atoms with Crippen LogP contribution < -0.4 is 5.32 Å². The van der Waals surface area contributed by atoms with E-state index in [0.717, 1.165) is 25.7 Å². The molecule has 0 aromatic carbocycles. The van der Waals surface area contributed by atoms with E-state index in [1.165, 1.54) is 25.7 Å². The Balaban J connectivity index is 1.72. The summed E-state index contributed by atoms with van der Waals surface area (Å²) >= 11 is 0. The van der Waals surface area contributed by atoms with E-state index in [2.05, 4.69) is 31.0 Å². The zero-order valence-electron chi connectivity index (χ0n) is 11.6. The molecule has 2 rings (SSSR count). The molecule has 1 saturated carbocycles. The third-order valence-corrected chi connectivity index (χ3v) is 4.13. The van der Waals surface area contributed by atoms with Crippen LogP contribution in [-0.2, 0) is 4.74 Å². The molecule has 100 valence electrons. The summed E-state index contributed by atoms with van der Waals surface area (Å²) in [6.07, 6.45) is 6.35. The van der Waals surface area contributed by atoms with E-state index in [0.29, 0.717) is 18.2 Å². The van der Waals surface area contributed by atoms with Gasteiger partial charge >= 0.3 is 0 Å². The number of ether oxygens (including phenoxy) is 1. The highest BCUT2D eigenvalue weighted by Gasteiger charge is 2.26. The quantitative estimate of drug-likeness (QED) is 0.813. The van der Waals surface area contributed by atoms with Gasteiger partial charge in [0, 0.05) is 31.7 Å². The third-order valence-electron chi connectivity index (χ3n) is 4.13. The lowest BCUT2D eigenvalue weighted by Gasteiger charge is -2.39. The van der Waals surface area contributed by atoms with Crippen molar-refractivity contribution in [3.05, 3.63) is 0 Å². The van der Waals surface area contributed by atoms with Crippen LogP contribution in [0.25, 0.3) is 0 Å². The lowest BCUT2D eigenvalue weighted by Crippen LogP contribution is -2.52. The molecule has 1 saturated heterocycles. The second kappa shape index (κ2) is 6.17. The summed E-state index contributed by atoms with van der Waals surface area (Å²) in [4.78, 5) is 2.57. The average molecular weight is 240 g/mol. The molecule has 3 heteroatoms. The Morgan fingerprint density at radius 1 is 1.18 bits per heavy atom. The van der Waals surface area contributed by atoms with Gasteiger partial charge in [0.15, 0.2) is 0 Å². The van der Waals surface area contributed by atoms with Crippen LogP contribution in [0.3, 0.4) is 0 Å². The lowest BCUT2D eigenvalue weighted by molar-refractivity contribution is -0.0782. The van der Waals surface area contributed by atoms with E-state index in [1.54, 1.807) is 0 Å². The summed E-state index contributed by atoms with van der Waals surface area (Å²) in [5, 5.41) is 3.73. The lowest BCUT2D eigenvalue weighted by atomic mass is 10.1. The minimum Gasteiger partial charge on any atom is -0.373 e. The molecule has 2 aliphatic rings. The second-order valence-corrected chi connectivity index (χ2v) is 5.95. The maximum atomic E-state index is 5.78. The van der Waals surface area contributed by atoms with Gasteiger partial charge in [0.2, 0.25) is 0 Å². The molecule has 0 aromatic rings. The zero-order chi connectivity index (χ0) is 12.3. The minimum atomic E-state index is 0.382. The van der Waals surface area contributed by atoms with Crippen molar-refractivity contribution in [2.75, 3.05) is 19.6 Å². The van der Waals surface area contributed by atoms with Crippen LogP contribution in [0.2, 0.25) is 0 Å². The Bertz CT molecular complexity index is 218. The van der Waals surface area contributed by atoms with Gasteiger partial charge in [-0.2, -0.15) is 0 Å². The largest absolute Gasteiger partial charge is 0.373 e. The summed E-state index contributed by atoms with van der Waals surface area (Å²) in [6.45, 7) is 9.99.